The molecule has 0 N–H and O–H groups in total. The Hall–Kier alpha value is -0.890. The van der Waals surface area contributed by atoms with Gasteiger partial charge < -0.3 is 4.74 Å². The molecular formula is C29H50OS. The van der Waals surface area contributed by atoms with Gasteiger partial charge in [-0.1, -0.05) is 127 Å². The van der Waals surface area contributed by atoms with Crippen LogP contribution in [0.5, 0.6) is 0 Å². The van der Waals surface area contributed by atoms with Crippen LogP contribution in [0.1, 0.15) is 133 Å². The first-order valence-corrected chi connectivity index (χ1v) is 13.8. The predicted octanol–water partition coefficient (Wildman–Crippen LogP) is 9.84. The lowest BCUT2D eigenvalue weighted by molar-refractivity contribution is 0.292. The molecule has 0 fully saturated rings. The average Bonchev–Trinajstić information content (AvgIpc) is 2.76. The zero-order valence-corrected chi connectivity index (χ0v) is 21.8. The molecule has 0 amide bonds. The number of thiocarbonyl (C=S) groups is 1. The molecule has 1 aromatic carbocycles. The highest BCUT2D eigenvalue weighted by atomic mass is 32.1. The number of aryl methyl sites for hydroxylation is 3. The highest BCUT2D eigenvalue weighted by Crippen LogP contribution is 2.15. The van der Waals surface area contributed by atoms with Gasteiger partial charge in [-0.2, -0.15) is 0 Å². The molecule has 0 saturated carbocycles. The Kier molecular flexibility index (Phi) is 17.9. The van der Waals surface area contributed by atoms with Gasteiger partial charge in [0.25, 0.3) is 0 Å². The van der Waals surface area contributed by atoms with E-state index in [9.17, 15) is 0 Å². The van der Waals surface area contributed by atoms with Crippen molar-refractivity contribution in [2.45, 2.75) is 136 Å². The SMILES string of the molecule is CCCCCCCCCCCCCCCCCCOC(=S)CCc1cc(C)ccc1C. The summed E-state index contributed by atoms with van der Waals surface area (Å²) in [5, 5.41) is 0.780. The molecule has 0 aromatic heterocycles. The van der Waals surface area contributed by atoms with Crippen LogP contribution >= 0.6 is 12.2 Å². The minimum Gasteiger partial charge on any atom is -0.487 e. The van der Waals surface area contributed by atoms with Crippen molar-refractivity contribution in [2.24, 2.45) is 0 Å². The van der Waals surface area contributed by atoms with Crippen molar-refractivity contribution in [1.29, 1.82) is 0 Å². The fourth-order valence-corrected chi connectivity index (χ4v) is 4.40. The Morgan fingerprint density at radius 1 is 0.710 bits per heavy atom. The van der Waals surface area contributed by atoms with Gasteiger partial charge in [-0.05, 0) is 50.0 Å². The molecule has 1 nitrogen and oxygen atoms in total. The van der Waals surface area contributed by atoms with Gasteiger partial charge in [-0.15, -0.1) is 0 Å². The van der Waals surface area contributed by atoms with Crippen molar-refractivity contribution in [1.82, 2.24) is 0 Å². The van der Waals surface area contributed by atoms with E-state index >= 15 is 0 Å². The molecule has 31 heavy (non-hydrogen) atoms. The summed E-state index contributed by atoms with van der Waals surface area (Å²) in [6, 6.07) is 6.64. The number of unbranched alkanes of at least 4 members (excludes halogenated alkanes) is 15. The average molecular weight is 447 g/mol. The minimum absolute atomic E-state index is 0.780. The maximum absolute atomic E-state index is 5.78. The molecule has 0 atom stereocenters. The van der Waals surface area contributed by atoms with Gasteiger partial charge in [0.15, 0.2) is 5.05 Å². The number of rotatable bonds is 20. The molecule has 1 rings (SSSR count). The monoisotopic (exact) mass is 446 g/mol. The van der Waals surface area contributed by atoms with Crippen molar-refractivity contribution in [3.8, 4) is 0 Å². The van der Waals surface area contributed by atoms with E-state index in [2.05, 4.69) is 39.0 Å². The second-order valence-corrected chi connectivity index (χ2v) is 9.91. The van der Waals surface area contributed by atoms with Crippen LogP contribution in [-0.4, -0.2) is 11.7 Å². The first-order chi connectivity index (χ1) is 15.1. The zero-order chi connectivity index (χ0) is 22.6. The highest BCUT2D eigenvalue weighted by molar-refractivity contribution is 7.80. The van der Waals surface area contributed by atoms with E-state index in [1.54, 1.807) is 0 Å². The Morgan fingerprint density at radius 3 is 1.71 bits per heavy atom. The maximum Gasteiger partial charge on any atom is 0.159 e. The van der Waals surface area contributed by atoms with Crippen LogP contribution in [0.4, 0.5) is 0 Å². The van der Waals surface area contributed by atoms with Crippen LogP contribution in [0, 0.1) is 13.8 Å². The van der Waals surface area contributed by atoms with Gasteiger partial charge in [-0.25, -0.2) is 0 Å². The quantitative estimate of drug-likeness (QED) is 0.145. The van der Waals surface area contributed by atoms with Crippen LogP contribution in [0.3, 0.4) is 0 Å². The molecule has 0 aliphatic carbocycles. The Labute approximate surface area is 199 Å². The van der Waals surface area contributed by atoms with Crippen LogP contribution in [0.15, 0.2) is 18.2 Å². The second kappa shape index (κ2) is 19.8. The third-order valence-electron chi connectivity index (χ3n) is 6.36. The minimum atomic E-state index is 0.780. The molecule has 0 bridgehead atoms. The van der Waals surface area contributed by atoms with Crippen molar-refractivity contribution < 1.29 is 4.74 Å². The Bertz CT molecular complexity index is 566. The molecule has 0 heterocycles. The molecule has 0 unspecified atom stereocenters. The maximum atomic E-state index is 5.78. The lowest BCUT2D eigenvalue weighted by Crippen LogP contribution is -2.05. The van der Waals surface area contributed by atoms with Crippen molar-refractivity contribution in [3.05, 3.63) is 34.9 Å². The van der Waals surface area contributed by atoms with Crippen molar-refractivity contribution >= 4 is 17.3 Å². The van der Waals surface area contributed by atoms with Crippen LogP contribution in [-0.2, 0) is 11.2 Å². The first kappa shape index (κ1) is 28.1. The van der Waals surface area contributed by atoms with Crippen LogP contribution in [0.25, 0.3) is 0 Å². The van der Waals surface area contributed by atoms with Crippen LogP contribution in [0.2, 0.25) is 0 Å². The summed E-state index contributed by atoms with van der Waals surface area (Å²) in [7, 11) is 0. The van der Waals surface area contributed by atoms with E-state index in [1.807, 2.05) is 0 Å². The summed E-state index contributed by atoms with van der Waals surface area (Å²) in [6.07, 6.45) is 24.2. The first-order valence-electron chi connectivity index (χ1n) is 13.3. The normalized spacial score (nSPS) is 11.1. The van der Waals surface area contributed by atoms with Gasteiger partial charge in [0.05, 0.1) is 6.61 Å². The highest BCUT2D eigenvalue weighted by Gasteiger charge is 2.03. The Balaban J connectivity index is 1.82. The van der Waals surface area contributed by atoms with Crippen molar-refractivity contribution in [2.75, 3.05) is 6.61 Å². The summed E-state index contributed by atoms with van der Waals surface area (Å²) < 4.78 is 5.78. The van der Waals surface area contributed by atoms with Crippen molar-refractivity contribution in [3.63, 3.8) is 0 Å². The lowest BCUT2D eigenvalue weighted by Gasteiger charge is -2.10. The number of benzene rings is 1. The van der Waals surface area contributed by atoms with Gasteiger partial charge in [-0.3, -0.25) is 0 Å². The topological polar surface area (TPSA) is 9.23 Å². The molecule has 178 valence electrons. The molecule has 0 aliphatic heterocycles. The number of hydrogen-bond acceptors (Lipinski definition) is 2. The molecule has 0 saturated heterocycles. The second-order valence-electron chi connectivity index (χ2n) is 9.45. The van der Waals surface area contributed by atoms with Gasteiger partial charge in [0.1, 0.15) is 0 Å². The Morgan fingerprint density at radius 2 is 1.19 bits per heavy atom. The fraction of sp³-hybridized carbons (Fsp3) is 0.759. The fourth-order valence-electron chi connectivity index (χ4n) is 4.21. The smallest absolute Gasteiger partial charge is 0.159 e. The van der Waals surface area contributed by atoms with E-state index in [4.69, 9.17) is 17.0 Å². The molecule has 2 heteroatoms. The number of hydrogen-bond donors (Lipinski definition) is 0. The molecule has 0 spiro atoms. The van der Waals surface area contributed by atoms with Crippen LogP contribution < -0.4 is 0 Å². The zero-order valence-electron chi connectivity index (χ0n) is 21.0. The van der Waals surface area contributed by atoms with E-state index < -0.39 is 0 Å². The summed E-state index contributed by atoms with van der Waals surface area (Å²) in [5.41, 5.74) is 4.07. The lowest BCUT2D eigenvalue weighted by atomic mass is 10.0. The molecule has 0 radical (unpaired) electrons. The van der Waals surface area contributed by atoms with E-state index in [-0.39, 0.29) is 0 Å². The summed E-state index contributed by atoms with van der Waals surface area (Å²) >= 11 is 5.42. The predicted molar refractivity (Wildman–Crippen MR) is 142 cm³/mol. The molecule has 1 aromatic rings. The van der Waals surface area contributed by atoms with E-state index in [0.717, 1.165) is 30.9 Å². The standard InChI is InChI=1S/C29H50OS/c1-4-5-6-7-8-9-10-11-12-13-14-15-16-17-18-19-24-30-29(31)23-22-28-25-26(2)20-21-27(28)3/h20-21,25H,4-19,22-24H2,1-3H3. The van der Waals surface area contributed by atoms with Gasteiger partial charge in [0.2, 0.25) is 0 Å². The summed E-state index contributed by atoms with van der Waals surface area (Å²) in [4.78, 5) is 0. The summed E-state index contributed by atoms with van der Waals surface area (Å²) in [5.74, 6) is 0. The molecule has 0 aliphatic rings. The largest absolute Gasteiger partial charge is 0.487 e. The van der Waals surface area contributed by atoms with E-state index in [1.165, 1.54) is 113 Å². The van der Waals surface area contributed by atoms with Gasteiger partial charge >= 0.3 is 0 Å². The third kappa shape index (κ3) is 16.4. The van der Waals surface area contributed by atoms with Gasteiger partial charge in [0, 0.05) is 6.42 Å². The van der Waals surface area contributed by atoms with E-state index in [0.29, 0.717) is 0 Å². The third-order valence-corrected chi connectivity index (χ3v) is 6.69. The number of ether oxygens (including phenoxy) is 1. The summed E-state index contributed by atoms with van der Waals surface area (Å²) in [6.45, 7) is 7.41. The molecular weight excluding hydrogens is 396 g/mol.